The van der Waals surface area contributed by atoms with Crippen molar-refractivity contribution in [1.29, 1.82) is 0 Å². The van der Waals surface area contributed by atoms with Gasteiger partial charge < -0.3 is 0 Å². The van der Waals surface area contributed by atoms with Gasteiger partial charge in [-0.2, -0.15) is 0 Å². The van der Waals surface area contributed by atoms with Gasteiger partial charge in [-0.15, -0.1) is 0 Å². The number of nitrogens with zero attached hydrogens (tertiary/aromatic N) is 1. The van der Waals surface area contributed by atoms with Crippen LogP contribution in [0.25, 0.3) is 0 Å². The predicted molar refractivity (Wildman–Crippen MR) is 56.8 cm³/mol. The first-order valence-electron chi connectivity index (χ1n) is 5.02. The Bertz CT molecular complexity index is 289. The Morgan fingerprint density at radius 2 is 1.93 bits per heavy atom. The molecule has 1 rings (SSSR count). The van der Waals surface area contributed by atoms with Crippen LogP contribution >= 0.6 is 0 Å². The lowest BCUT2D eigenvalue weighted by Crippen LogP contribution is -2.35. The van der Waals surface area contributed by atoms with E-state index in [1.165, 1.54) is 0 Å². The number of alkyl halides is 1. The second kappa shape index (κ2) is 3.68. The van der Waals surface area contributed by atoms with Gasteiger partial charge in [0.2, 0.25) is 0 Å². The highest BCUT2D eigenvalue weighted by Gasteiger charge is 2.43. The molecule has 0 amide bonds. The van der Waals surface area contributed by atoms with Crippen LogP contribution in [0.15, 0.2) is 24.4 Å². The lowest BCUT2D eigenvalue weighted by atomic mass is 9.74. The zero-order valence-corrected chi connectivity index (χ0v) is 9.34. The second-order valence-electron chi connectivity index (χ2n) is 4.62. The molecule has 14 heavy (non-hydrogen) atoms. The molecule has 0 bridgehead atoms. The maximum absolute atomic E-state index is 14.7. The summed E-state index contributed by atoms with van der Waals surface area (Å²) < 4.78 is 14.7. The van der Waals surface area contributed by atoms with Crippen LogP contribution in [-0.2, 0) is 5.67 Å². The Kier molecular flexibility index (Phi) is 2.93. The smallest absolute Gasteiger partial charge is 0.157 e. The fraction of sp³-hybridized carbons (Fsp3) is 0.583. The summed E-state index contributed by atoms with van der Waals surface area (Å²) in [5, 5.41) is 0. The van der Waals surface area contributed by atoms with Gasteiger partial charge in [-0.25, -0.2) is 4.39 Å². The molecule has 1 atom stereocenters. The van der Waals surface area contributed by atoms with Crippen LogP contribution in [0.5, 0.6) is 0 Å². The summed E-state index contributed by atoms with van der Waals surface area (Å²) in [5.74, 6) is 0. The Labute approximate surface area is 85.4 Å². The minimum absolute atomic E-state index is 0.421. The standard InChI is InChI=1S/C12H18FN/c1-5-12(13,11(2,3)4)10-8-6-7-9-14-10/h6-9H,5H2,1-4H3. The number of aromatic nitrogens is 1. The van der Waals surface area contributed by atoms with E-state index in [4.69, 9.17) is 0 Å². The van der Waals surface area contributed by atoms with Crippen molar-refractivity contribution in [2.75, 3.05) is 0 Å². The van der Waals surface area contributed by atoms with Gasteiger partial charge in [-0.1, -0.05) is 33.8 Å². The molecule has 0 N–H and O–H groups in total. The number of pyridine rings is 1. The van der Waals surface area contributed by atoms with Crippen LogP contribution in [0.2, 0.25) is 0 Å². The molecule has 0 aliphatic carbocycles. The highest BCUT2D eigenvalue weighted by Crippen LogP contribution is 2.44. The number of hydrogen-bond acceptors (Lipinski definition) is 1. The average Bonchev–Trinajstić information content (AvgIpc) is 2.16. The second-order valence-corrected chi connectivity index (χ2v) is 4.62. The van der Waals surface area contributed by atoms with Crippen molar-refractivity contribution >= 4 is 0 Å². The first-order chi connectivity index (χ1) is 6.42. The van der Waals surface area contributed by atoms with Gasteiger partial charge in [0.1, 0.15) is 0 Å². The Balaban J connectivity index is 3.15. The number of rotatable bonds is 2. The Morgan fingerprint density at radius 3 is 2.29 bits per heavy atom. The van der Waals surface area contributed by atoms with Crippen LogP contribution in [0, 0.1) is 5.41 Å². The summed E-state index contributed by atoms with van der Waals surface area (Å²) in [6, 6.07) is 5.40. The van der Waals surface area contributed by atoms with Crippen molar-refractivity contribution in [3.05, 3.63) is 30.1 Å². The molecule has 1 aromatic rings. The minimum atomic E-state index is -1.34. The van der Waals surface area contributed by atoms with Gasteiger partial charge in [-0.05, 0) is 18.6 Å². The normalized spacial score (nSPS) is 16.4. The molecule has 0 aromatic carbocycles. The van der Waals surface area contributed by atoms with E-state index in [2.05, 4.69) is 4.98 Å². The summed E-state index contributed by atoms with van der Waals surface area (Å²) in [7, 11) is 0. The fourth-order valence-corrected chi connectivity index (χ4v) is 1.69. The maximum atomic E-state index is 14.7. The summed E-state index contributed by atoms with van der Waals surface area (Å²) in [4.78, 5) is 4.11. The van der Waals surface area contributed by atoms with Crippen molar-refractivity contribution in [2.24, 2.45) is 5.41 Å². The molecule has 0 saturated heterocycles. The molecule has 0 fully saturated rings. The van der Waals surface area contributed by atoms with Gasteiger partial charge in [0, 0.05) is 11.6 Å². The van der Waals surface area contributed by atoms with Gasteiger partial charge in [0.15, 0.2) is 5.67 Å². The highest BCUT2D eigenvalue weighted by atomic mass is 19.1. The lowest BCUT2D eigenvalue weighted by molar-refractivity contribution is 0.0167. The molecule has 1 nitrogen and oxygen atoms in total. The molecule has 0 aliphatic rings. The van der Waals surface area contributed by atoms with Crippen LogP contribution in [0.4, 0.5) is 4.39 Å². The molecule has 0 spiro atoms. The molecular weight excluding hydrogens is 177 g/mol. The highest BCUT2D eigenvalue weighted by molar-refractivity contribution is 5.16. The number of halogens is 1. The fourth-order valence-electron chi connectivity index (χ4n) is 1.69. The van der Waals surface area contributed by atoms with Crippen molar-refractivity contribution in [3.8, 4) is 0 Å². The first-order valence-corrected chi connectivity index (χ1v) is 5.02. The minimum Gasteiger partial charge on any atom is -0.258 e. The molecule has 0 radical (unpaired) electrons. The van der Waals surface area contributed by atoms with E-state index in [9.17, 15) is 4.39 Å². The largest absolute Gasteiger partial charge is 0.258 e. The number of hydrogen-bond donors (Lipinski definition) is 0. The molecule has 1 heterocycles. The zero-order valence-electron chi connectivity index (χ0n) is 9.34. The van der Waals surface area contributed by atoms with Crippen LogP contribution in [0.3, 0.4) is 0 Å². The van der Waals surface area contributed by atoms with Gasteiger partial charge in [0.25, 0.3) is 0 Å². The quantitative estimate of drug-likeness (QED) is 0.701. The van der Waals surface area contributed by atoms with E-state index in [0.29, 0.717) is 12.1 Å². The average molecular weight is 195 g/mol. The van der Waals surface area contributed by atoms with E-state index >= 15 is 0 Å². The van der Waals surface area contributed by atoms with E-state index in [-0.39, 0.29) is 0 Å². The Morgan fingerprint density at radius 1 is 1.29 bits per heavy atom. The van der Waals surface area contributed by atoms with Gasteiger partial charge in [0.05, 0.1) is 5.69 Å². The first kappa shape index (κ1) is 11.2. The summed E-state index contributed by atoms with van der Waals surface area (Å²) in [6.07, 6.45) is 2.10. The van der Waals surface area contributed by atoms with Crippen molar-refractivity contribution in [3.63, 3.8) is 0 Å². The molecule has 78 valence electrons. The lowest BCUT2D eigenvalue weighted by Gasteiger charge is -2.36. The molecule has 0 aliphatic heterocycles. The molecule has 1 aromatic heterocycles. The molecular formula is C12H18FN. The third kappa shape index (κ3) is 1.79. The third-order valence-corrected chi connectivity index (χ3v) is 2.75. The molecule has 0 saturated carbocycles. The van der Waals surface area contributed by atoms with E-state index in [0.717, 1.165) is 0 Å². The molecule has 2 heteroatoms. The van der Waals surface area contributed by atoms with E-state index < -0.39 is 11.1 Å². The van der Waals surface area contributed by atoms with E-state index in [1.54, 1.807) is 12.3 Å². The van der Waals surface area contributed by atoms with E-state index in [1.807, 2.05) is 39.8 Å². The topological polar surface area (TPSA) is 12.9 Å². The van der Waals surface area contributed by atoms with Crippen molar-refractivity contribution < 1.29 is 4.39 Å². The summed E-state index contributed by atoms with van der Waals surface area (Å²) in [5.41, 5.74) is -1.22. The monoisotopic (exact) mass is 195 g/mol. The zero-order chi connectivity index (χ0) is 10.8. The SMILES string of the molecule is CCC(F)(c1ccccn1)C(C)(C)C. The maximum Gasteiger partial charge on any atom is 0.157 e. The van der Waals surface area contributed by atoms with Gasteiger partial charge in [-0.3, -0.25) is 4.98 Å². The Hall–Kier alpha value is -0.920. The molecule has 1 unspecified atom stereocenters. The van der Waals surface area contributed by atoms with Gasteiger partial charge >= 0.3 is 0 Å². The summed E-state index contributed by atoms with van der Waals surface area (Å²) >= 11 is 0. The van der Waals surface area contributed by atoms with Crippen LogP contribution in [0.1, 0.15) is 39.8 Å². The van der Waals surface area contributed by atoms with Crippen LogP contribution in [-0.4, -0.2) is 4.98 Å². The van der Waals surface area contributed by atoms with Crippen LogP contribution < -0.4 is 0 Å². The summed E-state index contributed by atoms with van der Waals surface area (Å²) in [6.45, 7) is 7.58. The van der Waals surface area contributed by atoms with Crippen molar-refractivity contribution in [2.45, 2.75) is 39.8 Å². The third-order valence-electron chi connectivity index (χ3n) is 2.75. The van der Waals surface area contributed by atoms with Crippen molar-refractivity contribution in [1.82, 2.24) is 4.98 Å². The predicted octanol–water partition coefficient (Wildman–Crippen LogP) is 3.70.